The topological polar surface area (TPSA) is 0 Å². The van der Waals surface area contributed by atoms with E-state index in [1.807, 2.05) is 0 Å². The minimum atomic E-state index is -0.0688. The average Bonchev–Trinajstić information content (AvgIpc) is 3.32. The molecule has 0 heteroatoms. The minimum absolute atomic E-state index is 0.0688. The number of benzene rings is 8. The lowest BCUT2D eigenvalue weighted by atomic mass is 9.80. The van der Waals surface area contributed by atoms with Crippen LogP contribution in [0.2, 0.25) is 0 Å². The second-order valence-corrected chi connectivity index (χ2v) is 13.9. The van der Waals surface area contributed by atoms with Gasteiger partial charge in [0, 0.05) is 5.41 Å². The van der Waals surface area contributed by atoms with Gasteiger partial charge in [-0.15, -0.1) is 0 Å². The predicted molar refractivity (Wildman–Crippen MR) is 202 cm³/mol. The molecule has 0 saturated heterocycles. The molecule has 0 atom stereocenters. The van der Waals surface area contributed by atoms with E-state index in [0.29, 0.717) is 0 Å². The normalized spacial score (nSPS) is 13.3. The molecule has 8 aromatic carbocycles. The smallest absolute Gasteiger partial charge is 0.0159 e. The molecule has 0 N–H and O–H groups in total. The van der Waals surface area contributed by atoms with Crippen molar-refractivity contribution in [2.45, 2.75) is 33.1 Å². The molecule has 9 rings (SSSR count). The van der Waals surface area contributed by atoms with Crippen molar-refractivity contribution in [1.82, 2.24) is 0 Å². The summed E-state index contributed by atoms with van der Waals surface area (Å²) in [6.45, 7) is 9.16. The lowest BCUT2D eigenvalue weighted by molar-refractivity contribution is 0.660. The monoisotopic (exact) mass is 600 g/mol. The highest BCUT2D eigenvalue weighted by Gasteiger charge is 2.35. The second kappa shape index (κ2) is 10.3. The molecule has 0 fully saturated rings. The third kappa shape index (κ3) is 4.21. The summed E-state index contributed by atoms with van der Waals surface area (Å²) in [6, 6.07) is 54.7. The largest absolute Gasteiger partial charge is 0.0619 e. The molecule has 8 aromatic rings. The number of fused-ring (bicyclic) bond motifs is 6. The number of rotatable bonds is 3. The van der Waals surface area contributed by atoms with Crippen LogP contribution in [-0.4, -0.2) is 0 Å². The Morgan fingerprint density at radius 1 is 0.362 bits per heavy atom. The van der Waals surface area contributed by atoms with Gasteiger partial charge in [-0.05, 0) is 114 Å². The van der Waals surface area contributed by atoms with Gasteiger partial charge in [0.05, 0.1) is 0 Å². The van der Waals surface area contributed by atoms with Crippen LogP contribution in [0.5, 0.6) is 0 Å². The van der Waals surface area contributed by atoms with Crippen LogP contribution in [0, 0.1) is 13.8 Å². The lowest BCUT2D eigenvalue weighted by Gasteiger charge is -2.23. The molecule has 0 nitrogen and oxygen atoms in total. The number of hydrogen-bond donors (Lipinski definition) is 0. The quantitative estimate of drug-likeness (QED) is 0.177. The fourth-order valence-corrected chi connectivity index (χ4v) is 8.42. The molecule has 224 valence electrons. The summed E-state index contributed by atoms with van der Waals surface area (Å²) in [5.74, 6) is 0. The van der Waals surface area contributed by atoms with E-state index in [1.54, 1.807) is 0 Å². The number of aryl methyl sites for hydroxylation is 2. The summed E-state index contributed by atoms with van der Waals surface area (Å²) in [7, 11) is 0. The van der Waals surface area contributed by atoms with Crippen LogP contribution >= 0.6 is 0 Å². The fourth-order valence-electron chi connectivity index (χ4n) is 8.42. The third-order valence-electron chi connectivity index (χ3n) is 10.5. The van der Waals surface area contributed by atoms with Crippen LogP contribution in [0.1, 0.15) is 36.1 Å². The predicted octanol–water partition coefficient (Wildman–Crippen LogP) is 13.1. The SMILES string of the molecule is Cc1cc(C)cc(-c2c3ccccc3c(-c3ccc4c(c3)C(C)(C)c3ccccc3-4)c3cc(-c4cccc5ccccc45)ccc23)c1. The standard InChI is InChI=1S/C47H36/c1-29-24-30(2)26-34(25-29)46-40-17-8-7-16-39(40)45(33-21-22-38-37-15-9-10-19-43(37)47(3,4)44(38)28-33)42-27-32(20-23-41(42)46)36-18-11-13-31-12-5-6-14-35(31)36/h5-28H,1-4H3. The molecule has 0 spiro atoms. The van der Waals surface area contributed by atoms with E-state index in [-0.39, 0.29) is 5.41 Å². The van der Waals surface area contributed by atoms with Crippen molar-refractivity contribution in [2.24, 2.45) is 0 Å². The first-order chi connectivity index (χ1) is 22.9. The molecule has 0 aliphatic heterocycles. The Balaban J connectivity index is 1.40. The molecule has 0 radical (unpaired) electrons. The highest BCUT2D eigenvalue weighted by Crippen LogP contribution is 2.51. The van der Waals surface area contributed by atoms with Crippen LogP contribution in [-0.2, 0) is 5.41 Å². The van der Waals surface area contributed by atoms with Crippen molar-refractivity contribution < 1.29 is 0 Å². The summed E-state index contributed by atoms with van der Waals surface area (Å²) >= 11 is 0. The first kappa shape index (κ1) is 27.8. The third-order valence-corrected chi connectivity index (χ3v) is 10.5. The molecular weight excluding hydrogens is 565 g/mol. The van der Waals surface area contributed by atoms with E-state index in [0.717, 1.165) is 0 Å². The van der Waals surface area contributed by atoms with E-state index >= 15 is 0 Å². The van der Waals surface area contributed by atoms with E-state index in [1.165, 1.54) is 99.1 Å². The average molecular weight is 601 g/mol. The van der Waals surface area contributed by atoms with E-state index in [4.69, 9.17) is 0 Å². The van der Waals surface area contributed by atoms with Crippen molar-refractivity contribution in [3.8, 4) is 44.5 Å². The Labute approximate surface area is 277 Å². The number of hydrogen-bond acceptors (Lipinski definition) is 0. The molecule has 1 aliphatic rings. The zero-order valence-corrected chi connectivity index (χ0v) is 27.4. The van der Waals surface area contributed by atoms with Crippen molar-refractivity contribution in [3.05, 3.63) is 168 Å². The summed E-state index contributed by atoms with van der Waals surface area (Å²) in [5.41, 5.74) is 15.7. The highest BCUT2D eigenvalue weighted by molar-refractivity contribution is 6.22. The van der Waals surface area contributed by atoms with Gasteiger partial charge >= 0.3 is 0 Å². The van der Waals surface area contributed by atoms with Gasteiger partial charge in [-0.1, -0.05) is 158 Å². The summed E-state index contributed by atoms with van der Waals surface area (Å²) in [6.07, 6.45) is 0. The Bertz CT molecular complexity index is 2530. The van der Waals surface area contributed by atoms with Crippen molar-refractivity contribution in [1.29, 1.82) is 0 Å². The molecule has 0 heterocycles. The van der Waals surface area contributed by atoms with Crippen molar-refractivity contribution >= 4 is 32.3 Å². The maximum absolute atomic E-state index is 2.48. The molecule has 0 saturated carbocycles. The van der Waals surface area contributed by atoms with Gasteiger partial charge in [-0.3, -0.25) is 0 Å². The van der Waals surface area contributed by atoms with E-state index in [2.05, 4.69) is 173 Å². The second-order valence-electron chi connectivity index (χ2n) is 13.9. The maximum atomic E-state index is 2.48. The molecule has 47 heavy (non-hydrogen) atoms. The minimum Gasteiger partial charge on any atom is -0.0619 e. The van der Waals surface area contributed by atoms with E-state index in [9.17, 15) is 0 Å². The Hall–Kier alpha value is -5.46. The van der Waals surface area contributed by atoms with Crippen molar-refractivity contribution in [2.75, 3.05) is 0 Å². The lowest BCUT2D eigenvalue weighted by Crippen LogP contribution is -2.14. The Morgan fingerprint density at radius 3 is 1.72 bits per heavy atom. The van der Waals surface area contributed by atoms with Gasteiger partial charge in [-0.25, -0.2) is 0 Å². The molecule has 1 aliphatic carbocycles. The maximum Gasteiger partial charge on any atom is 0.0159 e. The zero-order valence-electron chi connectivity index (χ0n) is 27.4. The van der Waals surface area contributed by atoms with Crippen LogP contribution < -0.4 is 0 Å². The van der Waals surface area contributed by atoms with Gasteiger partial charge < -0.3 is 0 Å². The van der Waals surface area contributed by atoms with Gasteiger partial charge in [0.2, 0.25) is 0 Å². The molecule has 0 unspecified atom stereocenters. The van der Waals surface area contributed by atoms with Gasteiger partial charge in [0.25, 0.3) is 0 Å². The zero-order chi connectivity index (χ0) is 31.9. The Morgan fingerprint density at radius 2 is 0.936 bits per heavy atom. The molecular formula is C47H36. The van der Waals surface area contributed by atoms with Crippen molar-refractivity contribution in [3.63, 3.8) is 0 Å². The van der Waals surface area contributed by atoms with Gasteiger partial charge in [0.1, 0.15) is 0 Å². The van der Waals surface area contributed by atoms with Gasteiger partial charge in [0.15, 0.2) is 0 Å². The highest BCUT2D eigenvalue weighted by atomic mass is 14.4. The van der Waals surface area contributed by atoms with E-state index < -0.39 is 0 Å². The molecule has 0 aromatic heterocycles. The summed E-state index contributed by atoms with van der Waals surface area (Å²) in [5, 5.41) is 7.70. The first-order valence-electron chi connectivity index (χ1n) is 16.7. The first-order valence-corrected chi connectivity index (χ1v) is 16.7. The van der Waals surface area contributed by atoms with Gasteiger partial charge in [-0.2, -0.15) is 0 Å². The Kier molecular flexibility index (Phi) is 6.08. The van der Waals surface area contributed by atoms with Crippen LogP contribution in [0.4, 0.5) is 0 Å². The summed E-state index contributed by atoms with van der Waals surface area (Å²) < 4.78 is 0. The summed E-state index contributed by atoms with van der Waals surface area (Å²) in [4.78, 5) is 0. The molecule has 0 amide bonds. The fraction of sp³-hybridized carbons (Fsp3) is 0.106. The van der Waals surface area contributed by atoms with Crippen LogP contribution in [0.15, 0.2) is 146 Å². The molecule has 0 bridgehead atoms. The van der Waals surface area contributed by atoms with Crippen LogP contribution in [0.25, 0.3) is 76.8 Å². The van der Waals surface area contributed by atoms with Crippen LogP contribution in [0.3, 0.4) is 0 Å².